The summed E-state index contributed by atoms with van der Waals surface area (Å²) < 4.78 is 8.25. The second-order valence-corrected chi connectivity index (χ2v) is 10.6. The Bertz CT molecular complexity index is 774. The Hall–Kier alpha value is -1.46. The van der Waals surface area contributed by atoms with Gasteiger partial charge in [0, 0.05) is 0 Å². The minimum absolute atomic E-state index is 0.0310. The van der Waals surface area contributed by atoms with Crippen LogP contribution in [0.15, 0.2) is 29.2 Å². The van der Waals surface area contributed by atoms with Gasteiger partial charge in [-0.05, 0) is 36.9 Å². The molecule has 2 heterocycles. The van der Waals surface area contributed by atoms with Crippen LogP contribution in [-0.4, -0.2) is 24.9 Å². The molecule has 1 aromatic heterocycles. The lowest BCUT2D eigenvalue weighted by Crippen LogP contribution is -2.41. The van der Waals surface area contributed by atoms with Crippen molar-refractivity contribution in [1.29, 1.82) is 0 Å². The van der Waals surface area contributed by atoms with Gasteiger partial charge in [-0.15, -0.1) is 0 Å². The molecule has 1 aliphatic heterocycles. The molecule has 0 saturated heterocycles. The van der Waals surface area contributed by atoms with E-state index in [1.807, 2.05) is 16.7 Å². The number of benzene rings is 1. The molecule has 22 heavy (non-hydrogen) atoms. The summed E-state index contributed by atoms with van der Waals surface area (Å²) in [4.78, 5) is 16.7. The van der Waals surface area contributed by atoms with Gasteiger partial charge < -0.3 is 4.43 Å². The molecule has 1 atom stereocenters. The number of hydrogen-bond donors (Lipinski definition) is 0. The zero-order chi connectivity index (χ0) is 16.1. The van der Waals surface area contributed by atoms with Gasteiger partial charge in [0.2, 0.25) is 0 Å². The fourth-order valence-corrected chi connectivity index (χ4v) is 4.08. The maximum atomic E-state index is 12.4. The van der Waals surface area contributed by atoms with Crippen molar-refractivity contribution in [2.45, 2.75) is 57.7 Å². The van der Waals surface area contributed by atoms with Crippen LogP contribution >= 0.6 is 0 Å². The van der Waals surface area contributed by atoms with E-state index in [2.05, 4.69) is 45.7 Å². The molecule has 0 radical (unpaired) electrons. The van der Waals surface area contributed by atoms with Gasteiger partial charge in [-0.1, -0.05) is 32.9 Å². The second-order valence-electron chi connectivity index (χ2n) is 7.92. The average Bonchev–Trinajstić information content (AvgIpc) is 2.83. The summed E-state index contributed by atoms with van der Waals surface area (Å²) in [6.45, 7) is 10.9. The van der Waals surface area contributed by atoms with E-state index < -0.39 is 9.76 Å². The molecule has 0 spiro atoms. The van der Waals surface area contributed by atoms with Gasteiger partial charge in [-0.25, -0.2) is 4.98 Å². The predicted octanol–water partition coefficient (Wildman–Crippen LogP) is 2.59. The fraction of sp³-hybridized carbons (Fsp3) is 0.529. The van der Waals surface area contributed by atoms with Crippen molar-refractivity contribution < 1.29 is 4.43 Å². The van der Waals surface area contributed by atoms with Gasteiger partial charge in [0.15, 0.2) is 9.76 Å². The van der Waals surface area contributed by atoms with Crippen molar-refractivity contribution in [1.82, 2.24) is 9.55 Å². The standard InChI is InChI=1S/C17H24N2O2Si/c1-16(2,3)22-21-17(4,5)13-9-11-7-6-8-12-15(11)19(13)14(20)10-18-12/h6-8,10,13H,9,22H2,1-5H3/t13-/m0/s1. The van der Waals surface area contributed by atoms with Gasteiger partial charge >= 0.3 is 0 Å². The normalized spacial score (nSPS) is 18.7. The Balaban J connectivity index is 2.03. The molecule has 0 fully saturated rings. The largest absolute Gasteiger partial charge is 0.416 e. The van der Waals surface area contributed by atoms with E-state index in [0.717, 1.165) is 17.5 Å². The molecule has 0 aliphatic carbocycles. The lowest BCUT2D eigenvalue weighted by Gasteiger charge is -2.36. The first-order valence-corrected chi connectivity index (χ1v) is 9.11. The number of nitrogens with zero attached hydrogens (tertiary/aromatic N) is 2. The molecule has 0 bridgehead atoms. The van der Waals surface area contributed by atoms with E-state index in [4.69, 9.17) is 4.43 Å². The van der Waals surface area contributed by atoms with Crippen molar-refractivity contribution in [3.05, 3.63) is 40.3 Å². The maximum absolute atomic E-state index is 12.4. The summed E-state index contributed by atoms with van der Waals surface area (Å²) in [6, 6.07) is 6.11. The minimum Gasteiger partial charge on any atom is -0.416 e. The topological polar surface area (TPSA) is 44.1 Å². The molecule has 4 nitrogen and oxygen atoms in total. The Morgan fingerprint density at radius 2 is 2.00 bits per heavy atom. The van der Waals surface area contributed by atoms with Crippen LogP contribution in [0.4, 0.5) is 0 Å². The molecule has 1 aliphatic rings. The molecule has 0 amide bonds. The predicted molar refractivity (Wildman–Crippen MR) is 92.2 cm³/mol. The van der Waals surface area contributed by atoms with E-state index in [1.54, 1.807) is 0 Å². The van der Waals surface area contributed by atoms with E-state index in [1.165, 1.54) is 11.8 Å². The Morgan fingerprint density at radius 3 is 2.68 bits per heavy atom. The first kappa shape index (κ1) is 15.4. The number of hydrogen-bond acceptors (Lipinski definition) is 3. The highest BCUT2D eigenvalue weighted by atomic mass is 28.2. The third-order valence-electron chi connectivity index (χ3n) is 4.30. The zero-order valence-electron chi connectivity index (χ0n) is 14.0. The quantitative estimate of drug-likeness (QED) is 0.818. The van der Waals surface area contributed by atoms with Crippen molar-refractivity contribution in [3.8, 4) is 0 Å². The number of rotatable bonds is 3. The summed E-state index contributed by atoms with van der Waals surface area (Å²) in [7, 11) is -0.684. The smallest absolute Gasteiger partial charge is 0.269 e. The molecule has 3 rings (SSSR count). The third-order valence-corrected chi connectivity index (χ3v) is 6.05. The van der Waals surface area contributed by atoms with E-state index >= 15 is 0 Å². The van der Waals surface area contributed by atoms with Crippen LogP contribution in [0.3, 0.4) is 0 Å². The summed E-state index contributed by atoms with van der Waals surface area (Å²) in [5.74, 6) is 0. The summed E-state index contributed by atoms with van der Waals surface area (Å²) in [6.07, 6.45) is 2.27. The second kappa shape index (κ2) is 5.03. The average molecular weight is 316 g/mol. The van der Waals surface area contributed by atoms with E-state index in [-0.39, 0.29) is 22.2 Å². The summed E-state index contributed by atoms with van der Waals surface area (Å²) in [5, 5.41) is 0.237. The fourth-order valence-electron chi connectivity index (χ4n) is 3.09. The van der Waals surface area contributed by atoms with Crippen LogP contribution in [0.1, 0.15) is 46.2 Å². The molecule has 0 N–H and O–H groups in total. The third kappa shape index (κ3) is 2.63. The van der Waals surface area contributed by atoms with Crippen LogP contribution in [0.2, 0.25) is 5.04 Å². The number of aromatic nitrogens is 2. The molecule has 2 aromatic rings. The number of para-hydroxylation sites is 1. The van der Waals surface area contributed by atoms with Crippen molar-refractivity contribution in [2.24, 2.45) is 0 Å². The SMILES string of the molecule is CC(C)(C)[SiH2]OC(C)(C)[C@@H]1Cc2cccc3ncc(=O)n1c23. The van der Waals surface area contributed by atoms with Gasteiger partial charge in [-0.3, -0.25) is 9.36 Å². The zero-order valence-corrected chi connectivity index (χ0v) is 15.4. The van der Waals surface area contributed by atoms with Crippen LogP contribution < -0.4 is 5.56 Å². The maximum Gasteiger partial charge on any atom is 0.269 e. The van der Waals surface area contributed by atoms with Gasteiger partial charge in [0.25, 0.3) is 5.56 Å². The monoisotopic (exact) mass is 316 g/mol. The van der Waals surface area contributed by atoms with E-state index in [0.29, 0.717) is 0 Å². The molecule has 118 valence electrons. The van der Waals surface area contributed by atoms with Crippen LogP contribution in [0.5, 0.6) is 0 Å². The highest BCUT2D eigenvalue weighted by molar-refractivity contribution is 6.31. The molecule has 5 heteroatoms. The van der Waals surface area contributed by atoms with Crippen LogP contribution in [0, 0.1) is 0 Å². The lowest BCUT2D eigenvalue weighted by atomic mass is 9.95. The molecular weight excluding hydrogens is 292 g/mol. The summed E-state index contributed by atoms with van der Waals surface area (Å²) >= 11 is 0. The van der Waals surface area contributed by atoms with Crippen LogP contribution in [-0.2, 0) is 10.8 Å². The van der Waals surface area contributed by atoms with Crippen LogP contribution in [0.25, 0.3) is 11.0 Å². The molecule has 0 unspecified atom stereocenters. The summed E-state index contributed by atoms with van der Waals surface area (Å²) in [5.41, 5.74) is 2.69. The van der Waals surface area contributed by atoms with Crippen molar-refractivity contribution in [2.75, 3.05) is 0 Å². The first-order chi connectivity index (χ1) is 10.2. The highest BCUT2D eigenvalue weighted by Crippen LogP contribution is 2.38. The first-order valence-electron chi connectivity index (χ1n) is 7.82. The minimum atomic E-state index is -0.684. The highest BCUT2D eigenvalue weighted by Gasteiger charge is 2.38. The Kier molecular flexibility index (Phi) is 3.53. The molecule has 0 saturated carbocycles. The van der Waals surface area contributed by atoms with Gasteiger partial charge in [0.1, 0.15) is 0 Å². The van der Waals surface area contributed by atoms with E-state index in [9.17, 15) is 4.79 Å². The molecular formula is C17H24N2O2Si. The van der Waals surface area contributed by atoms with Gasteiger partial charge in [0.05, 0.1) is 28.9 Å². The Labute approximate surface area is 133 Å². The van der Waals surface area contributed by atoms with Crippen molar-refractivity contribution >= 4 is 20.8 Å². The van der Waals surface area contributed by atoms with Gasteiger partial charge in [-0.2, -0.15) is 0 Å². The Morgan fingerprint density at radius 1 is 1.27 bits per heavy atom. The lowest BCUT2D eigenvalue weighted by molar-refractivity contribution is 0.0528. The van der Waals surface area contributed by atoms with Crippen molar-refractivity contribution in [3.63, 3.8) is 0 Å². The molecule has 1 aromatic carbocycles.